The Morgan fingerprint density at radius 3 is 2.10 bits per heavy atom. The second-order valence-corrected chi connectivity index (χ2v) is 14.2. The molecule has 0 saturated heterocycles. The fraction of sp³-hybridized carbons (Fsp3) is 0.958. The molecule has 4 nitrogen and oxygen atoms in total. The molecule has 5 fully saturated rings. The number of carbonyl (C=O) groups excluding carboxylic acids is 1. The van der Waals surface area contributed by atoms with Crippen molar-refractivity contribution in [2.45, 2.75) is 104 Å². The minimum absolute atomic E-state index is 0.153. The molecular weight excluding hydrogens is 382 g/mol. The van der Waals surface area contributed by atoms with Gasteiger partial charge >= 0.3 is 0 Å². The summed E-state index contributed by atoms with van der Waals surface area (Å²) >= 11 is 0. The van der Waals surface area contributed by atoms with E-state index in [-0.39, 0.29) is 16.6 Å². The SMILES string of the molecule is CCS(=O)(=O)CCCC12CCC(C(=O)N[C@@H]3C[C@@H]4CC[C@@]3(C)C4(C)C)(CC1)CC2. The molecule has 0 spiro atoms. The van der Waals surface area contributed by atoms with E-state index in [1.807, 2.05) is 0 Å². The number of sulfone groups is 1. The molecule has 5 aliphatic rings. The van der Waals surface area contributed by atoms with Gasteiger partial charge in [0.05, 0.1) is 5.75 Å². The Balaban J connectivity index is 1.35. The van der Waals surface area contributed by atoms with Gasteiger partial charge in [0.1, 0.15) is 9.84 Å². The summed E-state index contributed by atoms with van der Waals surface area (Å²) in [4.78, 5) is 13.5. The molecule has 0 unspecified atom stereocenters. The van der Waals surface area contributed by atoms with Crippen molar-refractivity contribution in [2.24, 2.45) is 27.6 Å². The van der Waals surface area contributed by atoms with Crippen LogP contribution in [-0.2, 0) is 14.6 Å². The van der Waals surface area contributed by atoms with E-state index < -0.39 is 9.84 Å². The molecule has 0 aromatic heterocycles. The van der Waals surface area contributed by atoms with E-state index in [1.54, 1.807) is 6.92 Å². The Hall–Kier alpha value is -0.580. The Bertz CT molecular complexity index is 746. The van der Waals surface area contributed by atoms with Crippen molar-refractivity contribution in [3.8, 4) is 0 Å². The lowest BCUT2D eigenvalue weighted by atomic mass is 9.52. The third-order valence-electron chi connectivity index (χ3n) is 10.6. The summed E-state index contributed by atoms with van der Waals surface area (Å²) in [6, 6.07) is 0.339. The molecule has 5 aliphatic carbocycles. The third kappa shape index (κ3) is 3.38. The lowest BCUT2D eigenvalue weighted by Crippen LogP contribution is -2.55. The van der Waals surface area contributed by atoms with E-state index in [4.69, 9.17) is 0 Å². The largest absolute Gasteiger partial charge is 0.352 e. The molecule has 3 atom stereocenters. The highest BCUT2D eigenvalue weighted by molar-refractivity contribution is 7.91. The van der Waals surface area contributed by atoms with Gasteiger partial charge in [-0.25, -0.2) is 8.42 Å². The van der Waals surface area contributed by atoms with Gasteiger partial charge < -0.3 is 5.32 Å². The van der Waals surface area contributed by atoms with E-state index in [0.29, 0.717) is 28.5 Å². The number of fused-ring (bicyclic) bond motifs is 5. The van der Waals surface area contributed by atoms with Gasteiger partial charge in [0.15, 0.2) is 0 Å². The zero-order valence-electron chi connectivity index (χ0n) is 19.0. The molecule has 166 valence electrons. The summed E-state index contributed by atoms with van der Waals surface area (Å²) in [5.41, 5.74) is 0.711. The molecule has 29 heavy (non-hydrogen) atoms. The van der Waals surface area contributed by atoms with Crippen LogP contribution in [-0.4, -0.2) is 31.9 Å². The lowest BCUT2D eigenvalue weighted by molar-refractivity contribution is -0.142. The van der Waals surface area contributed by atoms with Crippen molar-refractivity contribution >= 4 is 15.7 Å². The predicted molar refractivity (Wildman–Crippen MR) is 117 cm³/mol. The second kappa shape index (κ2) is 6.97. The predicted octanol–water partition coefficient (Wildman–Crippen LogP) is 4.87. The molecule has 5 rings (SSSR count). The summed E-state index contributed by atoms with van der Waals surface area (Å²) in [7, 11) is -2.87. The zero-order chi connectivity index (χ0) is 21.1. The average molecular weight is 424 g/mol. The van der Waals surface area contributed by atoms with Crippen molar-refractivity contribution in [3.05, 3.63) is 0 Å². The van der Waals surface area contributed by atoms with Crippen LogP contribution in [0.5, 0.6) is 0 Å². The fourth-order valence-electron chi connectivity index (χ4n) is 7.52. The minimum Gasteiger partial charge on any atom is -0.352 e. The van der Waals surface area contributed by atoms with Crippen molar-refractivity contribution in [2.75, 3.05) is 11.5 Å². The van der Waals surface area contributed by atoms with E-state index in [9.17, 15) is 13.2 Å². The van der Waals surface area contributed by atoms with Gasteiger partial charge in [-0.15, -0.1) is 0 Å². The first-order valence-electron chi connectivity index (χ1n) is 12.0. The number of amides is 1. The normalized spacial score (nSPS) is 42.9. The van der Waals surface area contributed by atoms with E-state index in [0.717, 1.165) is 63.7 Å². The van der Waals surface area contributed by atoms with Crippen LogP contribution in [0.15, 0.2) is 0 Å². The molecule has 0 aromatic carbocycles. The van der Waals surface area contributed by atoms with Crippen LogP contribution in [0, 0.1) is 27.6 Å². The maximum absolute atomic E-state index is 13.5. The van der Waals surface area contributed by atoms with E-state index in [1.165, 1.54) is 12.8 Å². The molecule has 1 amide bonds. The van der Waals surface area contributed by atoms with Crippen LogP contribution in [0.2, 0.25) is 0 Å². The maximum atomic E-state index is 13.5. The van der Waals surface area contributed by atoms with Gasteiger partial charge in [-0.3, -0.25) is 4.79 Å². The monoisotopic (exact) mass is 423 g/mol. The number of hydrogen-bond acceptors (Lipinski definition) is 3. The van der Waals surface area contributed by atoms with Crippen molar-refractivity contribution < 1.29 is 13.2 Å². The van der Waals surface area contributed by atoms with Crippen LogP contribution < -0.4 is 5.32 Å². The van der Waals surface area contributed by atoms with Crippen LogP contribution in [0.4, 0.5) is 0 Å². The summed E-state index contributed by atoms with van der Waals surface area (Å²) < 4.78 is 23.6. The maximum Gasteiger partial charge on any atom is 0.226 e. The first-order chi connectivity index (χ1) is 13.5. The van der Waals surface area contributed by atoms with E-state index >= 15 is 0 Å². The van der Waals surface area contributed by atoms with Gasteiger partial charge in [0, 0.05) is 17.2 Å². The molecule has 0 aliphatic heterocycles. The lowest BCUT2D eigenvalue weighted by Gasteiger charge is -2.53. The van der Waals surface area contributed by atoms with Gasteiger partial charge in [-0.05, 0) is 92.8 Å². The minimum atomic E-state index is -2.87. The molecule has 0 heterocycles. The topological polar surface area (TPSA) is 63.2 Å². The first-order valence-corrected chi connectivity index (χ1v) is 13.8. The quantitative estimate of drug-likeness (QED) is 0.635. The van der Waals surface area contributed by atoms with Crippen LogP contribution >= 0.6 is 0 Å². The van der Waals surface area contributed by atoms with Crippen molar-refractivity contribution in [3.63, 3.8) is 0 Å². The van der Waals surface area contributed by atoms with Crippen molar-refractivity contribution in [1.29, 1.82) is 0 Å². The summed E-state index contributed by atoms with van der Waals surface area (Å²) in [5, 5.41) is 3.56. The van der Waals surface area contributed by atoms with Crippen molar-refractivity contribution in [1.82, 2.24) is 5.32 Å². The van der Waals surface area contributed by atoms with Crippen LogP contribution in [0.25, 0.3) is 0 Å². The molecule has 5 heteroatoms. The summed E-state index contributed by atoms with van der Waals surface area (Å²) in [6.45, 7) is 8.95. The van der Waals surface area contributed by atoms with Gasteiger partial charge in [0.25, 0.3) is 0 Å². The molecule has 1 N–H and O–H groups in total. The molecule has 0 aromatic rings. The standard InChI is InChI=1S/C24H41NO3S/c1-5-29(27,28)16-6-8-23-10-13-24(14-11-23,15-12-23)20(26)25-19-17-18-7-9-22(19,4)21(18,2)3/h18-19H,5-17H2,1-4H3,(H,25,26)/t18-,19+,22+,23?,24?/m0/s1. The van der Waals surface area contributed by atoms with Crippen LogP contribution in [0.1, 0.15) is 98.3 Å². The molecule has 4 bridgehead atoms. The fourth-order valence-corrected chi connectivity index (χ4v) is 8.40. The molecule has 0 radical (unpaired) electrons. The average Bonchev–Trinajstić information content (AvgIpc) is 3.02. The highest BCUT2D eigenvalue weighted by Crippen LogP contribution is 2.66. The first kappa shape index (κ1) is 21.6. The Morgan fingerprint density at radius 2 is 1.62 bits per heavy atom. The van der Waals surface area contributed by atoms with Gasteiger partial charge in [0.2, 0.25) is 5.91 Å². The summed E-state index contributed by atoms with van der Waals surface area (Å²) in [6.07, 6.45) is 11.8. The Morgan fingerprint density at radius 1 is 1.00 bits per heavy atom. The highest BCUT2D eigenvalue weighted by Gasteiger charge is 2.62. The number of nitrogens with one attached hydrogen (secondary N) is 1. The van der Waals surface area contributed by atoms with E-state index in [2.05, 4.69) is 26.1 Å². The smallest absolute Gasteiger partial charge is 0.226 e. The highest BCUT2D eigenvalue weighted by atomic mass is 32.2. The summed E-state index contributed by atoms with van der Waals surface area (Å²) in [5.74, 6) is 1.66. The Kier molecular flexibility index (Phi) is 5.20. The van der Waals surface area contributed by atoms with Crippen LogP contribution in [0.3, 0.4) is 0 Å². The second-order valence-electron chi connectivity index (χ2n) is 11.8. The molecular formula is C24H41NO3S. The number of rotatable bonds is 7. The van der Waals surface area contributed by atoms with Gasteiger partial charge in [-0.2, -0.15) is 0 Å². The zero-order valence-corrected chi connectivity index (χ0v) is 19.8. The van der Waals surface area contributed by atoms with Gasteiger partial charge in [-0.1, -0.05) is 27.7 Å². The third-order valence-corrected chi connectivity index (χ3v) is 12.4. The molecule has 5 saturated carbocycles. The number of hydrogen-bond donors (Lipinski definition) is 1. The number of carbonyl (C=O) groups is 1. The Labute approximate surface area is 177 Å².